The molecule has 1 saturated heterocycles. The van der Waals surface area contributed by atoms with E-state index < -0.39 is 0 Å². The molecule has 0 saturated carbocycles. The Morgan fingerprint density at radius 1 is 1.11 bits per heavy atom. The Morgan fingerprint density at radius 2 is 1.79 bits per heavy atom. The van der Waals surface area contributed by atoms with Crippen molar-refractivity contribution < 1.29 is 0 Å². The summed E-state index contributed by atoms with van der Waals surface area (Å²) in [5.74, 6) is 0. The predicted molar refractivity (Wildman–Crippen MR) is 82.9 cm³/mol. The number of hydrogen-bond donors (Lipinski definition) is 1. The fourth-order valence-corrected chi connectivity index (χ4v) is 2.95. The second-order valence-corrected chi connectivity index (χ2v) is 5.97. The van der Waals surface area contributed by atoms with Gasteiger partial charge in [-0.2, -0.15) is 0 Å². The molecule has 1 aliphatic heterocycles. The van der Waals surface area contributed by atoms with Gasteiger partial charge in [0.2, 0.25) is 0 Å². The van der Waals surface area contributed by atoms with Crippen molar-refractivity contribution in [2.24, 2.45) is 0 Å². The Labute approximate surface area is 118 Å². The summed E-state index contributed by atoms with van der Waals surface area (Å²) >= 11 is 0. The molecule has 0 bridgehead atoms. The van der Waals surface area contributed by atoms with Crippen LogP contribution in [-0.2, 0) is 6.42 Å². The highest BCUT2D eigenvalue weighted by Gasteiger charge is 2.16. The topological polar surface area (TPSA) is 15.3 Å². The van der Waals surface area contributed by atoms with Crippen LogP contribution in [0.2, 0.25) is 0 Å². The third kappa shape index (κ3) is 3.58. The van der Waals surface area contributed by atoms with Crippen LogP contribution in [0.4, 0.5) is 0 Å². The molecule has 0 aliphatic carbocycles. The highest BCUT2D eigenvalue weighted by atomic mass is 15.2. The number of nitrogens with one attached hydrogen (secondary N) is 1. The Balaban J connectivity index is 1.93. The summed E-state index contributed by atoms with van der Waals surface area (Å²) in [6.07, 6.45) is 2.47. The SMILES string of the molecule is Cc1ccc(CCC(C)N2CCNCC2)c(C)c1C. The van der Waals surface area contributed by atoms with E-state index in [0.29, 0.717) is 6.04 Å². The second-order valence-electron chi connectivity index (χ2n) is 5.97. The lowest BCUT2D eigenvalue weighted by atomic mass is 9.95. The standard InChI is InChI=1S/C17H28N2/c1-13-5-7-17(16(4)15(13)3)8-6-14(2)19-11-9-18-10-12-19/h5,7,14,18H,6,8-12H2,1-4H3. The number of nitrogens with zero attached hydrogens (tertiary/aromatic N) is 1. The minimum atomic E-state index is 0.697. The average molecular weight is 260 g/mol. The zero-order chi connectivity index (χ0) is 13.8. The minimum absolute atomic E-state index is 0.697. The first-order valence-corrected chi connectivity index (χ1v) is 7.60. The van der Waals surface area contributed by atoms with Gasteiger partial charge in [0.05, 0.1) is 0 Å². The highest BCUT2D eigenvalue weighted by Crippen LogP contribution is 2.19. The third-order valence-corrected chi connectivity index (χ3v) is 4.78. The first-order valence-electron chi connectivity index (χ1n) is 7.60. The number of rotatable bonds is 4. The molecule has 1 heterocycles. The van der Waals surface area contributed by atoms with Crippen molar-refractivity contribution in [2.75, 3.05) is 26.2 Å². The van der Waals surface area contributed by atoms with Crippen molar-refractivity contribution in [1.29, 1.82) is 0 Å². The number of piperazine rings is 1. The monoisotopic (exact) mass is 260 g/mol. The van der Waals surface area contributed by atoms with Crippen LogP contribution in [0.1, 0.15) is 35.6 Å². The van der Waals surface area contributed by atoms with Crippen molar-refractivity contribution in [1.82, 2.24) is 10.2 Å². The molecule has 1 unspecified atom stereocenters. The van der Waals surface area contributed by atoms with Gasteiger partial charge in [0, 0.05) is 32.2 Å². The van der Waals surface area contributed by atoms with Crippen molar-refractivity contribution in [3.63, 3.8) is 0 Å². The summed E-state index contributed by atoms with van der Waals surface area (Å²) in [5.41, 5.74) is 5.90. The predicted octanol–water partition coefficient (Wildman–Crippen LogP) is 2.84. The lowest BCUT2D eigenvalue weighted by molar-refractivity contribution is 0.177. The van der Waals surface area contributed by atoms with Gasteiger partial charge in [0.25, 0.3) is 0 Å². The second kappa shape index (κ2) is 6.53. The van der Waals surface area contributed by atoms with Gasteiger partial charge in [-0.15, -0.1) is 0 Å². The summed E-state index contributed by atoms with van der Waals surface area (Å²) in [4.78, 5) is 2.62. The maximum atomic E-state index is 3.42. The molecular weight excluding hydrogens is 232 g/mol. The van der Waals surface area contributed by atoms with Crippen LogP contribution >= 0.6 is 0 Å². The summed E-state index contributed by atoms with van der Waals surface area (Å²) in [6, 6.07) is 5.29. The fraction of sp³-hybridized carbons (Fsp3) is 0.647. The lowest BCUT2D eigenvalue weighted by Gasteiger charge is -2.33. The number of benzene rings is 1. The maximum absolute atomic E-state index is 3.42. The van der Waals surface area contributed by atoms with Gasteiger partial charge >= 0.3 is 0 Å². The molecule has 2 nitrogen and oxygen atoms in total. The first-order chi connectivity index (χ1) is 9.09. The largest absolute Gasteiger partial charge is 0.314 e. The fourth-order valence-electron chi connectivity index (χ4n) is 2.95. The Kier molecular flexibility index (Phi) is 5.00. The molecule has 1 aliphatic rings. The van der Waals surface area contributed by atoms with Crippen LogP contribution < -0.4 is 5.32 Å². The van der Waals surface area contributed by atoms with Crippen molar-refractivity contribution >= 4 is 0 Å². The molecule has 1 N–H and O–H groups in total. The van der Waals surface area contributed by atoms with E-state index in [1.807, 2.05) is 0 Å². The van der Waals surface area contributed by atoms with Crippen LogP contribution in [0, 0.1) is 20.8 Å². The van der Waals surface area contributed by atoms with E-state index in [2.05, 4.69) is 50.0 Å². The molecule has 0 spiro atoms. The molecule has 1 atom stereocenters. The molecule has 19 heavy (non-hydrogen) atoms. The van der Waals surface area contributed by atoms with E-state index >= 15 is 0 Å². The van der Waals surface area contributed by atoms with E-state index in [1.54, 1.807) is 0 Å². The van der Waals surface area contributed by atoms with Gasteiger partial charge in [-0.05, 0) is 62.8 Å². The van der Waals surface area contributed by atoms with Crippen LogP contribution in [0.5, 0.6) is 0 Å². The van der Waals surface area contributed by atoms with Crippen molar-refractivity contribution in [2.45, 2.75) is 46.6 Å². The Morgan fingerprint density at radius 3 is 2.47 bits per heavy atom. The molecule has 2 heteroatoms. The van der Waals surface area contributed by atoms with E-state index in [0.717, 1.165) is 13.1 Å². The summed E-state index contributed by atoms with van der Waals surface area (Å²) in [5, 5.41) is 3.42. The van der Waals surface area contributed by atoms with Gasteiger partial charge in [0.1, 0.15) is 0 Å². The van der Waals surface area contributed by atoms with Gasteiger partial charge in [-0.25, -0.2) is 0 Å². The molecule has 0 radical (unpaired) electrons. The Bertz CT molecular complexity index is 420. The number of aryl methyl sites for hydroxylation is 2. The van der Waals surface area contributed by atoms with E-state index in [-0.39, 0.29) is 0 Å². The van der Waals surface area contributed by atoms with E-state index in [4.69, 9.17) is 0 Å². The van der Waals surface area contributed by atoms with Gasteiger partial charge in [-0.3, -0.25) is 4.90 Å². The number of hydrogen-bond acceptors (Lipinski definition) is 2. The zero-order valence-corrected chi connectivity index (χ0v) is 12.9. The molecule has 0 amide bonds. The molecule has 0 aromatic heterocycles. The molecule has 1 fully saturated rings. The lowest BCUT2D eigenvalue weighted by Crippen LogP contribution is -2.47. The summed E-state index contributed by atoms with van der Waals surface area (Å²) in [6.45, 7) is 13.8. The maximum Gasteiger partial charge on any atom is 0.0110 e. The molecule has 106 valence electrons. The zero-order valence-electron chi connectivity index (χ0n) is 12.9. The molecule has 1 aromatic carbocycles. The highest BCUT2D eigenvalue weighted by molar-refractivity contribution is 5.38. The smallest absolute Gasteiger partial charge is 0.0110 e. The summed E-state index contributed by atoms with van der Waals surface area (Å²) in [7, 11) is 0. The van der Waals surface area contributed by atoms with Crippen LogP contribution in [0.3, 0.4) is 0 Å². The van der Waals surface area contributed by atoms with Crippen LogP contribution in [0.25, 0.3) is 0 Å². The van der Waals surface area contributed by atoms with Crippen molar-refractivity contribution in [3.8, 4) is 0 Å². The average Bonchev–Trinajstić information content (AvgIpc) is 2.45. The third-order valence-electron chi connectivity index (χ3n) is 4.78. The summed E-state index contributed by atoms with van der Waals surface area (Å²) < 4.78 is 0. The normalized spacial score (nSPS) is 18.5. The van der Waals surface area contributed by atoms with E-state index in [9.17, 15) is 0 Å². The first kappa shape index (κ1) is 14.5. The van der Waals surface area contributed by atoms with Crippen molar-refractivity contribution in [3.05, 3.63) is 34.4 Å². The Hall–Kier alpha value is -0.860. The molecule has 2 rings (SSSR count). The minimum Gasteiger partial charge on any atom is -0.314 e. The van der Waals surface area contributed by atoms with Crippen LogP contribution in [-0.4, -0.2) is 37.1 Å². The van der Waals surface area contributed by atoms with Gasteiger partial charge in [0.15, 0.2) is 0 Å². The molecular formula is C17H28N2. The van der Waals surface area contributed by atoms with Crippen LogP contribution in [0.15, 0.2) is 12.1 Å². The molecule has 1 aromatic rings. The quantitative estimate of drug-likeness (QED) is 0.895. The van der Waals surface area contributed by atoms with Gasteiger partial charge in [-0.1, -0.05) is 12.1 Å². The van der Waals surface area contributed by atoms with E-state index in [1.165, 1.54) is 48.2 Å². The van der Waals surface area contributed by atoms with Gasteiger partial charge < -0.3 is 5.32 Å².